The Hall–Kier alpha value is -0.120. The van der Waals surface area contributed by atoms with Crippen molar-refractivity contribution >= 4 is 0 Å². The van der Waals surface area contributed by atoms with Crippen LogP contribution in [0.2, 0.25) is 0 Å². The highest BCUT2D eigenvalue weighted by atomic mass is 15.3. The van der Waals surface area contributed by atoms with Crippen molar-refractivity contribution in [2.24, 2.45) is 5.73 Å². The number of fused-ring (bicyclic) bond motifs is 1. The Balaban J connectivity index is 1.89. The summed E-state index contributed by atoms with van der Waals surface area (Å²) < 4.78 is 0. The molecule has 2 unspecified atom stereocenters. The SMILES string of the molecule is CCCCC(CN)N1CCCN2CCCC2C1. The predicted octanol–water partition coefficient (Wildman–Crippen LogP) is 1.67. The van der Waals surface area contributed by atoms with Crippen LogP contribution in [0, 0.1) is 0 Å². The fourth-order valence-corrected chi connectivity index (χ4v) is 3.46. The minimum atomic E-state index is 0.635. The van der Waals surface area contributed by atoms with Crippen LogP contribution in [0.25, 0.3) is 0 Å². The molecule has 0 aromatic carbocycles. The molecule has 0 radical (unpaired) electrons. The van der Waals surface area contributed by atoms with Crippen LogP contribution in [0.5, 0.6) is 0 Å². The summed E-state index contributed by atoms with van der Waals surface area (Å²) in [5.41, 5.74) is 5.98. The lowest BCUT2D eigenvalue weighted by atomic mass is 10.1. The van der Waals surface area contributed by atoms with E-state index in [1.807, 2.05) is 0 Å². The fourth-order valence-electron chi connectivity index (χ4n) is 3.46. The van der Waals surface area contributed by atoms with E-state index in [9.17, 15) is 0 Å². The Morgan fingerprint density at radius 2 is 2.06 bits per heavy atom. The van der Waals surface area contributed by atoms with Crippen molar-refractivity contribution in [2.75, 3.05) is 32.7 Å². The summed E-state index contributed by atoms with van der Waals surface area (Å²) >= 11 is 0. The molecule has 0 amide bonds. The lowest BCUT2D eigenvalue weighted by Crippen LogP contribution is -2.45. The third kappa shape index (κ3) is 3.43. The Kier molecular flexibility index (Phi) is 5.26. The zero-order chi connectivity index (χ0) is 12.1. The van der Waals surface area contributed by atoms with Gasteiger partial charge in [-0.15, -0.1) is 0 Å². The topological polar surface area (TPSA) is 32.5 Å². The molecule has 2 heterocycles. The molecule has 2 fully saturated rings. The molecule has 0 aromatic heterocycles. The van der Waals surface area contributed by atoms with Crippen LogP contribution >= 0.6 is 0 Å². The maximum atomic E-state index is 5.98. The first-order chi connectivity index (χ1) is 8.35. The van der Waals surface area contributed by atoms with E-state index in [2.05, 4.69) is 16.7 Å². The van der Waals surface area contributed by atoms with E-state index in [-0.39, 0.29) is 0 Å². The summed E-state index contributed by atoms with van der Waals surface area (Å²) in [6, 6.07) is 1.46. The van der Waals surface area contributed by atoms with Gasteiger partial charge >= 0.3 is 0 Å². The van der Waals surface area contributed by atoms with Gasteiger partial charge < -0.3 is 5.73 Å². The third-order valence-corrected chi connectivity index (χ3v) is 4.51. The first-order valence-corrected chi connectivity index (χ1v) is 7.53. The van der Waals surface area contributed by atoms with Crippen molar-refractivity contribution in [1.82, 2.24) is 9.80 Å². The van der Waals surface area contributed by atoms with Crippen LogP contribution in [-0.2, 0) is 0 Å². The maximum absolute atomic E-state index is 5.98. The molecular weight excluding hydrogens is 210 g/mol. The second-order valence-electron chi connectivity index (χ2n) is 5.71. The second kappa shape index (κ2) is 6.72. The number of unbranched alkanes of at least 4 members (excludes halogenated alkanes) is 1. The smallest absolute Gasteiger partial charge is 0.0223 e. The quantitative estimate of drug-likeness (QED) is 0.792. The number of nitrogens with zero attached hydrogens (tertiary/aromatic N) is 2. The minimum absolute atomic E-state index is 0.635. The number of hydrogen-bond acceptors (Lipinski definition) is 3. The zero-order valence-electron chi connectivity index (χ0n) is 11.4. The average Bonchev–Trinajstić information content (AvgIpc) is 2.68. The molecular formula is C14H29N3. The molecule has 2 atom stereocenters. The molecule has 2 rings (SSSR count). The highest BCUT2D eigenvalue weighted by Crippen LogP contribution is 2.23. The number of hydrogen-bond donors (Lipinski definition) is 1. The van der Waals surface area contributed by atoms with Crippen LogP contribution < -0.4 is 5.73 Å². The molecule has 0 bridgehead atoms. The van der Waals surface area contributed by atoms with Gasteiger partial charge in [0.15, 0.2) is 0 Å². The number of rotatable bonds is 5. The van der Waals surface area contributed by atoms with Gasteiger partial charge in [-0.1, -0.05) is 19.8 Å². The van der Waals surface area contributed by atoms with Gasteiger partial charge in [0.1, 0.15) is 0 Å². The minimum Gasteiger partial charge on any atom is -0.329 e. The van der Waals surface area contributed by atoms with Crippen molar-refractivity contribution in [3.63, 3.8) is 0 Å². The molecule has 3 nitrogen and oxygen atoms in total. The van der Waals surface area contributed by atoms with E-state index < -0.39 is 0 Å². The molecule has 0 aliphatic carbocycles. The molecule has 2 aliphatic rings. The Labute approximate surface area is 106 Å². The summed E-state index contributed by atoms with van der Waals surface area (Å²) in [6.07, 6.45) is 8.05. The molecule has 3 heteroatoms. The zero-order valence-corrected chi connectivity index (χ0v) is 11.4. The molecule has 17 heavy (non-hydrogen) atoms. The lowest BCUT2D eigenvalue weighted by molar-refractivity contribution is 0.167. The highest BCUT2D eigenvalue weighted by molar-refractivity contribution is 4.87. The average molecular weight is 239 g/mol. The van der Waals surface area contributed by atoms with Crippen LogP contribution in [-0.4, -0.2) is 54.6 Å². The van der Waals surface area contributed by atoms with Gasteiger partial charge in [0.05, 0.1) is 0 Å². The van der Waals surface area contributed by atoms with Crippen molar-refractivity contribution in [3.8, 4) is 0 Å². The fraction of sp³-hybridized carbons (Fsp3) is 1.00. The van der Waals surface area contributed by atoms with Crippen LogP contribution in [0.3, 0.4) is 0 Å². The van der Waals surface area contributed by atoms with Crippen molar-refractivity contribution < 1.29 is 0 Å². The van der Waals surface area contributed by atoms with E-state index in [0.717, 1.165) is 12.6 Å². The van der Waals surface area contributed by atoms with Gasteiger partial charge in [0.25, 0.3) is 0 Å². The number of nitrogens with two attached hydrogens (primary N) is 1. The van der Waals surface area contributed by atoms with E-state index in [0.29, 0.717) is 6.04 Å². The summed E-state index contributed by atoms with van der Waals surface area (Å²) in [4.78, 5) is 5.39. The normalized spacial score (nSPS) is 28.9. The maximum Gasteiger partial charge on any atom is 0.0223 e. The van der Waals surface area contributed by atoms with Gasteiger partial charge in [-0.25, -0.2) is 0 Å². The molecule has 2 saturated heterocycles. The van der Waals surface area contributed by atoms with Gasteiger partial charge in [0, 0.05) is 25.2 Å². The summed E-state index contributed by atoms with van der Waals surface area (Å²) in [5, 5.41) is 0. The first-order valence-electron chi connectivity index (χ1n) is 7.53. The van der Waals surface area contributed by atoms with Crippen molar-refractivity contribution in [1.29, 1.82) is 0 Å². The molecule has 2 aliphatic heterocycles. The van der Waals surface area contributed by atoms with Gasteiger partial charge in [0.2, 0.25) is 0 Å². The highest BCUT2D eigenvalue weighted by Gasteiger charge is 2.30. The Bertz CT molecular complexity index is 220. The third-order valence-electron chi connectivity index (χ3n) is 4.51. The predicted molar refractivity (Wildman–Crippen MR) is 73.2 cm³/mol. The van der Waals surface area contributed by atoms with Crippen molar-refractivity contribution in [3.05, 3.63) is 0 Å². The van der Waals surface area contributed by atoms with E-state index in [4.69, 9.17) is 5.73 Å². The van der Waals surface area contributed by atoms with E-state index in [1.54, 1.807) is 0 Å². The molecule has 0 spiro atoms. The summed E-state index contributed by atoms with van der Waals surface area (Å²) in [6.45, 7) is 8.29. The van der Waals surface area contributed by atoms with Gasteiger partial charge in [-0.2, -0.15) is 0 Å². The van der Waals surface area contributed by atoms with Crippen LogP contribution in [0.4, 0.5) is 0 Å². The van der Waals surface area contributed by atoms with Crippen LogP contribution in [0.1, 0.15) is 45.4 Å². The van der Waals surface area contributed by atoms with Crippen LogP contribution in [0.15, 0.2) is 0 Å². The molecule has 100 valence electrons. The van der Waals surface area contributed by atoms with E-state index >= 15 is 0 Å². The standard InChI is InChI=1S/C14H29N3/c1-2-3-6-13(11-15)17-10-5-9-16-8-4-7-14(16)12-17/h13-14H,2-12,15H2,1H3. The Morgan fingerprint density at radius 3 is 2.82 bits per heavy atom. The molecule has 2 N–H and O–H groups in total. The molecule has 0 aromatic rings. The molecule has 0 saturated carbocycles. The summed E-state index contributed by atoms with van der Waals surface area (Å²) in [7, 11) is 0. The monoisotopic (exact) mass is 239 g/mol. The first kappa shape index (κ1) is 13.3. The van der Waals surface area contributed by atoms with Gasteiger partial charge in [-0.05, 0) is 45.3 Å². The summed E-state index contributed by atoms with van der Waals surface area (Å²) in [5.74, 6) is 0. The largest absolute Gasteiger partial charge is 0.329 e. The van der Waals surface area contributed by atoms with Crippen molar-refractivity contribution in [2.45, 2.75) is 57.5 Å². The lowest BCUT2D eigenvalue weighted by Gasteiger charge is -2.32. The van der Waals surface area contributed by atoms with E-state index in [1.165, 1.54) is 64.7 Å². The second-order valence-corrected chi connectivity index (χ2v) is 5.71. The Morgan fingerprint density at radius 1 is 1.24 bits per heavy atom. The van der Waals surface area contributed by atoms with Gasteiger partial charge in [-0.3, -0.25) is 9.80 Å².